The summed E-state index contributed by atoms with van der Waals surface area (Å²) in [5.74, 6) is 1.07. The summed E-state index contributed by atoms with van der Waals surface area (Å²) in [6.07, 6.45) is 0. The number of nitrogens with zero attached hydrogens (tertiary/aromatic N) is 2. The minimum atomic E-state index is -3.04. The number of rotatable bonds is 6. The molecule has 0 saturated carbocycles. The number of sulfone groups is 1. The Balaban J connectivity index is 1.57. The van der Waals surface area contributed by atoms with E-state index in [1.54, 1.807) is 19.2 Å². The van der Waals surface area contributed by atoms with Gasteiger partial charge in [0, 0.05) is 22.7 Å². The number of hydrogen-bond donors (Lipinski definition) is 1. The number of amides is 1. The van der Waals surface area contributed by atoms with E-state index < -0.39 is 9.84 Å². The van der Waals surface area contributed by atoms with E-state index in [1.165, 1.54) is 17.3 Å². The number of aliphatic imine (C=N–C) groups is 1. The van der Waals surface area contributed by atoms with E-state index in [0.29, 0.717) is 22.5 Å². The number of ether oxygens (including phenoxy) is 1. The van der Waals surface area contributed by atoms with Gasteiger partial charge in [-0.25, -0.2) is 8.42 Å². The molecule has 1 fully saturated rings. The number of benzene rings is 2. The van der Waals surface area contributed by atoms with Gasteiger partial charge in [0.15, 0.2) is 15.0 Å². The lowest BCUT2D eigenvalue weighted by atomic mass is 10.0. The minimum Gasteiger partial charge on any atom is -0.497 e. The molecule has 2 atom stereocenters. The average Bonchev–Trinajstić information content (AvgIpc) is 3.25. The fraction of sp³-hybridized carbons (Fsp3) is 0.391. The van der Waals surface area contributed by atoms with Gasteiger partial charge in [-0.05, 0) is 35.7 Å². The van der Waals surface area contributed by atoms with Crippen molar-refractivity contribution in [3.05, 3.63) is 54.1 Å². The Morgan fingerprint density at radius 2 is 1.97 bits per heavy atom. The normalized spacial score (nSPS) is 21.2. The summed E-state index contributed by atoms with van der Waals surface area (Å²) in [6, 6.07) is 15.0. The fourth-order valence-electron chi connectivity index (χ4n) is 3.82. The van der Waals surface area contributed by atoms with Crippen molar-refractivity contribution in [1.82, 2.24) is 0 Å². The molecular formula is C23H27N3O4S2. The lowest BCUT2D eigenvalue weighted by Gasteiger charge is -2.24. The highest BCUT2D eigenvalue weighted by atomic mass is 32.2. The first-order valence-corrected chi connectivity index (χ1v) is 13.2. The second-order valence-electron chi connectivity index (χ2n) is 8.32. The summed E-state index contributed by atoms with van der Waals surface area (Å²) in [6.45, 7) is 4.33. The number of methoxy groups -OCH3 is 1. The first-order valence-electron chi connectivity index (χ1n) is 10.5. The van der Waals surface area contributed by atoms with Crippen LogP contribution in [-0.2, 0) is 14.6 Å². The number of nitrogens with one attached hydrogen (secondary N) is 1. The van der Waals surface area contributed by atoms with Gasteiger partial charge >= 0.3 is 0 Å². The van der Waals surface area contributed by atoms with Gasteiger partial charge in [-0.1, -0.05) is 43.8 Å². The zero-order valence-electron chi connectivity index (χ0n) is 18.3. The SMILES string of the molecule is COc1cccc(NC(=O)CN(C2=N[C@H]3CS(=O)(=O)C[C@@H]3S2)c2ccc(C(C)C)cc2)c1. The maximum absolute atomic E-state index is 12.9. The first kappa shape index (κ1) is 22.7. The van der Waals surface area contributed by atoms with Gasteiger partial charge in [0.05, 0.1) is 24.7 Å². The van der Waals surface area contributed by atoms with E-state index in [1.807, 2.05) is 29.2 Å². The molecule has 0 radical (unpaired) electrons. The van der Waals surface area contributed by atoms with Crippen molar-refractivity contribution in [3.8, 4) is 5.75 Å². The molecule has 1 saturated heterocycles. The topological polar surface area (TPSA) is 88.1 Å². The number of anilines is 2. The van der Waals surface area contributed by atoms with Crippen LogP contribution in [0.3, 0.4) is 0 Å². The predicted octanol–water partition coefficient (Wildman–Crippen LogP) is 3.53. The third-order valence-electron chi connectivity index (χ3n) is 5.56. The molecule has 0 spiro atoms. The molecule has 1 N–H and O–H groups in total. The molecule has 170 valence electrons. The Kier molecular flexibility index (Phi) is 6.48. The van der Waals surface area contributed by atoms with Crippen molar-refractivity contribution in [1.29, 1.82) is 0 Å². The highest BCUT2D eigenvalue weighted by Gasteiger charge is 2.44. The standard InChI is InChI=1S/C23H27N3O4S2/c1-15(2)16-7-9-18(10-8-16)26(23-25-20-13-32(28,29)14-21(20)31-23)12-22(27)24-17-5-4-6-19(11-17)30-3/h4-11,15,20-21H,12-14H2,1-3H3,(H,24,27)/t20-,21-/m0/s1. The van der Waals surface area contributed by atoms with E-state index in [0.717, 1.165) is 5.69 Å². The number of thioether (sulfide) groups is 1. The maximum atomic E-state index is 12.9. The number of carbonyl (C=O) groups is 1. The van der Waals surface area contributed by atoms with E-state index in [-0.39, 0.29) is 35.2 Å². The maximum Gasteiger partial charge on any atom is 0.244 e. The van der Waals surface area contributed by atoms with Crippen LogP contribution in [-0.4, -0.2) is 55.9 Å². The average molecular weight is 474 g/mol. The van der Waals surface area contributed by atoms with Gasteiger partial charge in [-0.2, -0.15) is 0 Å². The molecule has 32 heavy (non-hydrogen) atoms. The van der Waals surface area contributed by atoms with Gasteiger partial charge in [0.2, 0.25) is 5.91 Å². The summed E-state index contributed by atoms with van der Waals surface area (Å²) in [7, 11) is -1.46. The van der Waals surface area contributed by atoms with Crippen LogP contribution < -0.4 is 15.0 Å². The van der Waals surface area contributed by atoms with Crippen molar-refractivity contribution in [2.24, 2.45) is 4.99 Å². The van der Waals surface area contributed by atoms with Gasteiger partial charge in [-0.15, -0.1) is 0 Å². The molecule has 2 aliphatic rings. The number of amidine groups is 1. The molecule has 2 heterocycles. The van der Waals surface area contributed by atoms with Crippen LogP contribution >= 0.6 is 11.8 Å². The lowest BCUT2D eigenvalue weighted by Crippen LogP contribution is -2.36. The molecule has 7 nitrogen and oxygen atoms in total. The van der Waals surface area contributed by atoms with Gasteiger partial charge in [0.25, 0.3) is 0 Å². The zero-order chi connectivity index (χ0) is 22.9. The Bertz CT molecular complexity index is 1130. The van der Waals surface area contributed by atoms with Crippen molar-refractivity contribution in [2.45, 2.75) is 31.1 Å². The molecule has 2 aliphatic heterocycles. The third-order valence-corrected chi connectivity index (χ3v) is 8.81. The van der Waals surface area contributed by atoms with E-state index >= 15 is 0 Å². The summed E-state index contributed by atoms with van der Waals surface area (Å²) in [5.41, 5.74) is 2.70. The van der Waals surface area contributed by atoms with Crippen LogP contribution in [0.5, 0.6) is 5.75 Å². The third kappa shape index (κ3) is 5.10. The Hall–Kier alpha value is -2.52. The first-order chi connectivity index (χ1) is 15.2. The van der Waals surface area contributed by atoms with Crippen LogP contribution in [0.2, 0.25) is 0 Å². The molecule has 0 unspecified atom stereocenters. The largest absolute Gasteiger partial charge is 0.497 e. The fourth-order valence-corrected chi connectivity index (χ4v) is 7.60. The monoisotopic (exact) mass is 473 g/mol. The van der Waals surface area contributed by atoms with E-state index in [2.05, 4.69) is 31.3 Å². The Morgan fingerprint density at radius 1 is 1.22 bits per heavy atom. The molecule has 4 rings (SSSR count). The molecule has 2 aromatic carbocycles. The van der Waals surface area contributed by atoms with Crippen molar-refractivity contribution in [3.63, 3.8) is 0 Å². The molecule has 1 amide bonds. The number of carbonyl (C=O) groups excluding carboxylic acids is 1. The quantitative estimate of drug-likeness (QED) is 0.691. The molecule has 0 bridgehead atoms. The number of fused-ring (bicyclic) bond motifs is 1. The molecule has 2 aromatic rings. The molecule has 9 heteroatoms. The van der Waals surface area contributed by atoms with Crippen LogP contribution in [0, 0.1) is 0 Å². The summed E-state index contributed by atoms with van der Waals surface area (Å²) < 4.78 is 29.1. The number of hydrogen-bond acceptors (Lipinski definition) is 7. The van der Waals surface area contributed by atoms with Gasteiger partial charge < -0.3 is 15.0 Å². The summed E-state index contributed by atoms with van der Waals surface area (Å²) in [5, 5.41) is 3.51. The predicted molar refractivity (Wildman–Crippen MR) is 131 cm³/mol. The highest BCUT2D eigenvalue weighted by Crippen LogP contribution is 2.37. The highest BCUT2D eigenvalue weighted by molar-refractivity contribution is 8.15. The summed E-state index contributed by atoms with van der Waals surface area (Å²) >= 11 is 1.45. The molecule has 0 aliphatic carbocycles. The van der Waals surface area contributed by atoms with E-state index in [4.69, 9.17) is 9.73 Å². The van der Waals surface area contributed by atoms with Crippen LogP contribution in [0.15, 0.2) is 53.5 Å². The van der Waals surface area contributed by atoms with Crippen LogP contribution in [0.1, 0.15) is 25.3 Å². The van der Waals surface area contributed by atoms with Gasteiger partial charge in [-0.3, -0.25) is 9.79 Å². The van der Waals surface area contributed by atoms with Gasteiger partial charge in [0.1, 0.15) is 12.3 Å². The Labute approximate surface area is 193 Å². The summed E-state index contributed by atoms with van der Waals surface area (Å²) in [4.78, 5) is 19.5. The Morgan fingerprint density at radius 3 is 2.62 bits per heavy atom. The smallest absolute Gasteiger partial charge is 0.244 e. The van der Waals surface area contributed by atoms with Crippen molar-refractivity contribution >= 4 is 44.0 Å². The second kappa shape index (κ2) is 9.15. The second-order valence-corrected chi connectivity index (χ2v) is 11.7. The minimum absolute atomic E-state index is 0.0657. The molecular weight excluding hydrogens is 446 g/mol. The lowest BCUT2D eigenvalue weighted by molar-refractivity contribution is -0.114. The van der Waals surface area contributed by atoms with E-state index in [9.17, 15) is 13.2 Å². The van der Waals surface area contributed by atoms with Crippen molar-refractivity contribution in [2.75, 3.05) is 35.4 Å². The molecule has 0 aromatic heterocycles. The van der Waals surface area contributed by atoms with Crippen LogP contribution in [0.25, 0.3) is 0 Å². The van der Waals surface area contributed by atoms with Crippen LogP contribution in [0.4, 0.5) is 11.4 Å². The zero-order valence-corrected chi connectivity index (χ0v) is 19.9. The van der Waals surface area contributed by atoms with Crippen molar-refractivity contribution < 1.29 is 17.9 Å².